The van der Waals surface area contributed by atoms with Gasteiger partial charge in [0, 0.05) is 22.0 Å². The molecule has 0 aliphatic rings. The summed E-state index contributed by atoms with van der Waals surface area (Å²) in [6.45, 7) is 3.96. The van der Waals surface area contributed by atoms with Crippen molar-refractivity contribution < 1.29 is 4.42 Å². The zero-order chi connectivity index (χ0) is 17.4. The van der Waals surface area contributed by atoms with Crippen LogP contribution in [0.15, 0.2) is 57.9 Å². The van der Waals surface area contributed by atoms with E-state index in [9.17, 15) is 0 Å². The molecule has 4 rings (SSSR count). The second-order valence-corrected chi connectivity index (χ2v) is 7.31. The van der Waals surface area contributed by atoms with E-state index in [-0.39, 0.29) is 0 Å². The van der Waals surface area contributed by atoms with Gasteiger partial charge < -0.3 is 4.42 Å². The molecule has 0 atom stereocenters. The van der Waals surface area contributed by atoms with Crippen LogP contribution < -0.4 is 5.36 Å². The van der Waals surface area contributed by atoms with E-state index in [1.165, 1.54) is 11.3 Å². The Bertz CT molecular complexity index is 1130. The van der Waals surface area contributed by atoms with E-state index in [2.05, 4.69) is 16.3 Å². The molecule has 0 N–H and O–H groups in total. The first-order chi connectivity index (χ1) is 12.1. The molecule has 0 saturated carbocycles. The molecule has 4 aromatic rings. The quantitative estimate of drug-likeness (QED) is 0.473. The van der Waals surface area contributed by atoms with E-state index in [1.807, 2.05) is 56.3 Å². The number of halogens is 1. The lowest BCUT2D eigenvalue weighted by atomic mass is 10.1. The van der Waals surface area contributed by atoms with Crippen LogP contribution in [0.3, 0.4) is 0 Å². The van der Waals surface area contributed by atoms with Gasteiger partial charge in [0.2, 0.25) is 5.13 Å². The highest BCUT2D eigenvalue weighted by Crippen LogP contribution is 2.25. The summed E-state index contributed by atoms with van der Waals surface area (Å²) in [5, 5.41) is 12.1. The molecule has 0 saturated heterocycles. The zero-order valence-corrected chi connectivity index (χ0v) is 15.2. The molecule has 25 heavy (non-hydrogen) atoms. The highest BCUT2D eigenvalue weighted by Gasteiger charge is 2.08. The van der Waals surface area contributed by atoms with Gasteiger partial charge in [0.15, 0.2) is 0 Å². The van der Waals surface area contributed by atoms with Crippen LogP contribution in [0.2, 0.25) is 5.02 Å². The average Bonchev–Trinajstić information content (AvgIpc) is 3.01. The summed E-state index contributed by atoms with van der Waals surface area (Å²) in [6, 6.07) is 15.5. The van der Waals surface area contributed by atoms with E-state index in [1.54, 1.807) is 0 Å². The van der Waals surface area contributed by atoms with Crippen LogP contribution in [0.5, 0.6) is 0 Å². The van der Waals surface area contributed by atoms with Gasteiger partial charge in [-0.2, -0.15) is 0 Å². The van der Waals surface area contributed by atoms with Crippen molar-refractivity contribution in [3.05, 3.63) is 69.5 Å². The first-order valence-electron chi connectivity index (χ1n) is 7.74. The Labute approximate surface area is 153 Å². The van der Waals surface area contributed by atoms with E-state index >= 15 is 0 Å². The number of hydrogen-bond donors (Lipinski definition) is 0. The predicted molar refractivity (Wildman–Crippen MR) is 101 cm³/mol. The van der Waals surface area contributed by atoms with Crippen LogP contribution in [0, 0.1) is 13.8 Å². The molecule has 2 aromatic heterocycles. The molecule has 0 amide bonds. The average molecular weight is 368 g/mol. The molecule has 0 unspecified atom stereocenters. The Balaban J connectivity index is 1.99. The van der Waals surface area contributed by atoms with Crippen LogP contribution in [0.1, 0.15) is 10.6 Å². The fraction of sp³-hybridized carbons (Fsp3) is 0.105. The van der Waals surface area contributed by atoms with Gasteiger partial charge in [-0.3, -0.25) is 0 Å². The van der Waals surface area contributed by atoms with E-state index in [0.29, 0.717) is 10.2 Å². The standard InChI is InChI=1S/C19H14ClN3OS/c1-11-3-8-17-15(9-11)16(21-19-23-22-12(2)25-19)10-18(24-17)13-4-6-14(20)7-5-13/h3-10H,1-2H3. The molecule has 4 nitrogen and oxygen atoms in total. The summed E-state index contributed by atoms with van der Waals surface area (Å²) in [6.07, 6.45) is 0. The SMILES string of the molecule is Cc1ccc2oc(-c3ccc(Cl)cc3)cc(=Nc3nnc(C)s3)c2c1. The minimum absolute atomic E-state index is 0.633. The molecular formula is C19H14ClN3OS. The maximum absolute atomic E-state index is 6.09. The highest BCUT2D eigenvalue weighted by molar-refractivity contribution is 7.14. The minimum atomic E-state index is 0.633. The number of aromatic nitrogens is 2. The summed E-state index contributed by atoms with van der Waals surface area (Å²) in [7, 11) is 0. The van der Waals surface area contributed by atoms with Crippen molar-refractivity contribution in [2.75, 3.05) is 0 Å². The molecule has 0 bridgehead atoms. The summed E-state index contributed by atoms with van der Waals surface area (Å²) < 4.78 is 6.09. The van der Waals surface area contributed by atoms with E-state index in [0.717, 1.165) is 38.2 Å². The highest BCUT2D eigenvalue weighted by atomic mass is 35.5. The Hall–Kier alpha value is -2.50. The largest absolute Gasteiger partial charge is 0.456 e. The topological polar surface area (TPSA) is 51.3 Å². The molecule has 0 spiro atoms. The molecule has 2 aromatic carbocycles. The van der Waals surface area contributed by atoms with Gasteiger partial charge in [0.25, 0.3) is 0 Å². The van der Waals surface area contributed by atoms with Gasteiger partial charge in [-0.15, -0.1) is 10.2 Å². The van der Waals surface area contributed by atoms with Gasteiger partial charge in [0.05, 0.1) is 5.36 Å². The van der Waals surface area contributed by atoms with Crippen molar-refractivity contribution in [1.29, 1.82) is 0 Å². The first-order valence-corrected chi connectivity index (χ1v) is 8.93. The third-order valence-corrected chi connectivity index (χ3v) is 4.74. The van der Waals surface area contributed by atoms with Crippen molar-refractivity contribution in [3.63, 3.8) is 0 Å². The van der Waals surface area contributed by atoms with Crippen LogP contribution in [-0.4, -0.2) is 10.2 Å². The van der Waals surface area contributed by atoms with Gasteiger partial charge in [-0.05, 0) is 50.2 Å². The number of rotatable bonds is 2. The second-order valence-electron chi connectivity index (χ2n) is 5.72. The number of hydrogen-bond acceptors (Lipinski definition) is 5. The van der Waals surface area contributed by atoms with Crippen molar-refractivity contribution in [2.45, 2.75) is 13.8 Å². The Kier molecular flexibility index (Phi) is 4.11. The monoisotopic (exact) mass is 367 g/mol. The molecule has 0 aliphatic heterocycles. The lowest BCUT2D eigenvalue weighted by Gasteiger charge is -2.05. The number of fused-ring (bicyclic) bond motifs is 1. The Morgan fingerprint density at radius 2 is 1.80 bits per heavy atom. The summed E-state index contributed by atoms with van der Waals surface area (Å²) in [4.78, 5) is 4.69. The van der Waals surface area contributed by atoms with Crippen LogP contribution in [0.4, 0.5) is 5.13 Å². The van der Waals surface area contributed by atoms with Gasteiger partial charge in [-0.25, -0.2) is 4.99 Å². The third-order valence-electron chi connectivity index (χ3n) is 3.76. The number of benzene rings is 2. The predicted octanol–water partition coefficient (Wildman–Crippen LogP) is 5.45. The lowest BCUT2D eigenvalue weighted by molar-refractivity contribution is 0.618. The summed E-state index contributed by atoms with van der Waals surface area (Å²) >= 11 is 7.45. The minimum Gasteiger partial charge on any atom is -0.456 e. The number of aryl methyl sites for hydroxylation is 2. The van der Waals surface area contributed by atoms with Gasteiger partial charge in [0.1, 0.15) is 16.4 Å². The first kappa shape index (κ1) is 16.0. The summed E-state index contributed by atoms with van der Waals surface area (Å²) in [5.74, 6) is 0.730. The van der Waals surface area contributed by atoms with Crippen LogP contribution in [-0.2, 0) is 0 Å². The lowest BCUT2D eigenvalue weighted by Crippen LogP contribution is -2.03. The fourth-order valence-electron chi connectivity index (χ4n) is 2.57. The van der Waals surface area contributed by atoms with Gasteiger partial charge >= 0.3 is 0 Å². The Morgan fingerprint density at radius 3 is 2.52 bits per heavy atom. The molecular weight excluding hydrogens is 354 g/mol. The Morgan fingerprint density at radius 1 is 1.00 bits per heavy atom. The van der Waals surface area contributed by atoms with E-state index in [4.69, 9.17) is 21.0 Å². The molecule has 2 heterocycles. The molecule has 0 fully saturated rings. The normalized spacial score (nSPS) is 12.0. The second kappa shape index (κ2) is 6.43. The maximum Gasteiger partial charge on any atom is 0.232 e. The zero-order valence-electron chi connectivity index (χ0n) is 13.7. The summed E-state index contributed by atoms with van der Waals surface area (Å²) in [5.41, 5.74) is 2.86. The van der Waals surface area contributed by atoms with Crippen molar-refractivity contribution in [1.82, 2.24) is 10.2 Å². The van der Waals surface area contributed by atoms with Crippen molar-refractivity contribution in [2.24, 2.45) is 4.99 Å². The fourth-order valence-corrected chi connectivity index (χ4v) is 3.26. The smallest absolute Gasteiger partial charge is 0.232 e. The molecule has 6 heteroatoms. The molecule has 0 aliphatic carbocycles. The third kappa shape index (κ3) is 3.34. The van der Waals surface area contributed by atoms with E-state index < -0.39 is 0 Å². The maximum atomic E-state index is 6.09. The van der Waals surface area contributed by atoms with Gasteiger partial charge in [-0.1, -0.05) is 34.6 Å². The number of nitrogens with zero attached hydrogens (tertiary/aromatic N) is 3. The molecule has 124 valence electrons. The van der Waals surface area contributed by atoms with Crippen LogP contribution in [0.25, 0.3) is 22.3 Å². The molecule has 0 radical (unpaired) electrons. The van der Waals surface area contributed by atoms with Crippen LogP contribution >= 0.6 is 22.9 Å². The van der Waals surface area contributed by atoms with Crippen molar-refractivity contribution >= 4 is 39.0 Å². The van der Waals surface area contributed by atoms with Crippen molar-refractivity contribution in [3.8, 4) is 11.3 Å².